The van der Waals surface area contributed by atoms with Crippen molar-refractivity contribution in [2.24, 2.45) is 5.41 Å². The number of likely N-dealkylation sites (tertiary alicyclic amines) is 2. The summed E-state index contributed by atoms with van der Waals surface area (Å²) in [6.45, 7) is 7.46. The number of aromatic nitrogens is 2. The predicted molar refractivity (Wildman–Crippen MR) is 142 cm³/mol. The molecule has 2 aliphatic carbocycles. The second-order valence-electron chi connectivity index (χ2n) is 11.9. The topological polar surface area (TPSA) is 42.2 Å². The molecule has 1 spiro atoms. The second-order valence-corrected chi connectivity index (χ2v) is 11.9. The smallest absolute Gasteiger partial charge is 0.161 e. The number of nitrogens with zero attached hydrogens (tertiary/aromatic N) is 4. The van der Waals surface area contributed by atoms with Gasteiger partial charge in [-0.3, -0.25) is 4.90 Å². The first kappa shape index (κ1) is 22.6. The zero-order chi connectivity index (χ0) is 24.4. The summed E-state index contributed by atoms with van der Waals surface area (Å²) < 4.78 is 13.1. The molecule has 4 fully saturated rings. The van der Waals surface area contributed by atoms with Gasteiger partial charge in [-0.15, -0.1) is 0 Å². The lowest BCUT2D eigenvalue weighted by molar-refractivity contribution is -0.115. The van der Waals surface area contributed by atoms with E-state index >= 15 is 0 Å². The Labute approximate surface area is 214 Å². The van der Waals surface area contributed by atoms with E-state index in [0.717, 1.165) is 40.5 Å². The van der Waals surface area contributed by atoms with Crippen LogP contribution in [0.4, 0.5) is 0 Å². The average molecular weight is 487 g/mol. The lowest BCUT2D eigenvalue weighted by Crippen LogP contribution is -2.67. The van der Waals surface area contributed by atoms with Gasteiger partial charge in [-0.25, -0.2) is 4.98 Å². The summed E-state index contributed by atoms with van der Waals surface area (Å²) in [6, 6.07) is 10.2. The summed E-state index contributed by atoms with van der Waals surface area (Å²) in [5.74, 6) is 2.10. The first-order valence-electron chi connectivity index (χ1n) is 13.7. The minimum absolute atomic E-state index is 0.638. The van der Waals surface area contributed by atoms with Crippen LogP contribution in [0.1, 0.15) is 55.6 Å². The van der Waals surface area contributed by atoms with Crippen LogP contribution >= 0.6 is 0 Å². The standard InChI is InChI=1S/C30H38N4O2/c1-20-12-23(16-33-17-26(31-29(20)33)22-4-7-27(35-2)28(13-22)36-3)21-8-10-32(11-9-21)25-14-30(15-25)18-34(19-30)24-5-6-24/h4,7,12-13,16-17,21,24-25H,5-6,8-11,14-15,18-19H2,1-3H3. The fraction of sp³-hybridized carbons (Fsp3) is 0.567. The van der Waals surface area contributed by atoms with Gasteiger partial charge < -0.3 is 18.8 Å². The van der Waals surface area contributed by atoms with Crippen molar-refractivity contribution in [1.82, 2.24) is 19.2 Å². The highest BCUT2D eigenvalue weighted by molar-refractivity contribution is 5.67. The maximum absolute atomic E-state index is 5.50. The maximum Gasteiger partial charge on any atom is 0.161 e. The third kappa shape index (κ3) is 3.81. The molecule has 190 valence electrons. The molecule has 2 saturated carbocycles. The molecule has 0 atom stereocenters. The summed E-state index contributed by atoms with van der Waals surface area (Å²) in [4.78, 5) is 10.5. The van der Waals surface area contributed by atoms with Gasteiger partial charge in [0, 0.05) is 43.1 Å². The quantitative estimate of drug-likeness (QED) is 0.483. The number of hydrogen-bond donors (Lipinski definition) is 0. The van der Waals surface area contributed by atoms with Gasteiger partial charge in [0.25, 0.3) is 0 Å². The van der Waals surface area contributed by atoms with E-state index in [-0.39, 0.29) is 0 Å². The number of piperidine rings is 1. The van der Waals surface area contributed by atoms with E-state index in [2.05, 4.69) is 39.6 Å². The monoisotopic (exact) mass is 486 g/mol. The van der Waals surface area contributed by atoms with Crippen molar-refractivity contribution < 1.29 is 9.47 Å². The number of aryl methyl sites for hydroxylation is 1. The lowest BCUT2D eigenvalue weighted by atomic mass is 9.60. The van der Waals surface area contributed by atoms with Crippen molar-refractivity contribution in [3.8, 4) is 22.8 Å². The number of pyridine rings is 1. The first-order chi connectivity index (χ1) is 17.5. The van der Waals surface area contributed by atoms with E-state index in [1.54, 1.807) is 14.2 Å². The van der Waals surface area contributed by atoms with Crippen molar-refractivity contribution in [1.29, 1.82) is 0 Å². The van der Waals surface area contributed by atoms with Gasteiger partial charge in [0.2, 0.25) is 0 Å². The third-order valence-corrected chi connectivity index (χ3v) is 9.43. The largest absolute Gasteiger partial charge is 0.493 e. The van der Waals surface area contributed by atoms with Crippen LogP contribution in [0.25, 0.3) is 16.9 Å². The van der Waals surface area contributed by atoms with E-state index in [1.807, 2.05) is 18.2 Å². The molecule has 7 rings (SSSR count). The van der Waals surface area contributed by atoms with E-state index in [0.29, 0.717) is 11.3 Å². The van der Waals surface area contributed by atoms with Gasteiger partial charge in [-0.2, -0.15) is 0 Å². The van der Waals surface area contributed by atoms with E-state index in [9.17, 15) is 0 Å². The van der Waals surface area contributed by atoms with Crippen LogP contribution in [-0.4, -0.2) is 71.7 Å². The molecule has 4 heterocycles. The lowest BCUT2D eigenvalue weighted by Gasteiger charge is -2.62. The van der Waals surface area contributed by atoms with Crippen LogP contribution in [0.5, 0.6) is 11.5 Å². The number of ether oxygens (including phenoxy) is 2. The van der Waals surface area contributed by atoms with Crippen LogP contribution in [0.3, 0.4) is 0 Å². The van der Waals surface area contributed by atoms with Crippen LogP contribution in [0.2, 0.25) is 0 Å². The minimum atomic E-state index is 0.638. The SMILES string of the molecule is COc1ccc(-c2cn3cc(C4CCN(C5CC6(C5)CN(C5CC5)C6)CC4)cc(C)c3n2)cc1OC. The summed E-state index contributed by atoms with van der Waals surface area (Å²) in [5, 5.41) is 0. The molecule has 3 aromatic rings. The Morgan fingerprint density at radius 2 is 1.61 bits per heavy atom. The summed E-state index contributed by atoms with van der Waals surface area (Å²) in [7, 11) is 3.34. The summed E-state index contributed by atoms with van der Waals surface area (Å²) in [6.07, 6.45) is 12.8. The fourth-order valence-electron chi connectivity index (χ4n) is 7.22. The van der Waals surface area contributed by atoms with Gasteiger partial charge in [0.1, 0.15) is 5.65 Å². The molecule has 0 amide bonds. The Hall–Kier alpha value is -2.57. The van der Waals surface area contributed by atoms with Crippen molar-refractivity contribution in [3.63, 3.8) is 0 Å². The number of hydrogen-bond acceptors (Lipinski definition) is 5. The number of methoxy groups -OCH3 is 2. The molecule has 0 bridgehead atoms. The molecule has 2 aromatic heterocycles. The molecule has 6 heteroatoms. The van der Waals surface area contributed by atoms with Crippen LogP contribution in [0.15, 0.2) is 36.7 Å². The zero-order valence-corrected chi connectivity index (χ0v) is 21.9. The van der Waals surface area contributed by atoms with Gasteiger partial charge in [0.15, 0.2) is 11.5 Å². The molecule has 36 heavy (non-hydrogen) atoms. The molecule has 1 aromatic carbocycles. The molecule has 0 unspecified atom stereocenters. The summed E-state index contributed by atoms with van der Waals surface area (Å²) in [5.41, 5.74) is 6.42. The second kappa shape index (κ2) is 8.49. The van der Waals surface area contributed by atoms with Crippen LogP contribution < -0.4 is 9.47 Å². The van der Waals surface area contributed by atoms with Gasteiger partial charge in [0.05, 0.1) is 19.9 Å². The molecule has 2 saturated heterocycles. The molecule has 0 N–H and O–H groups in total. The summed E-state index contributed by atoms with van der Waals surface area (Å²) >= 11 is 0. The van der Waals surface area contributed by atoms with Crippen molar-refractivity contribution in [3.05, 3.63) is 47.8 Å². The highest BCUT2D eigenvalue weighted by Crippen LogP contribution is 2.53. The minimum Gasteiger partial charge on any atom is -0.493 e. The Kier molecular flexibility index (Phi) is 5.33. The van der Waals surface area contributed by atoms with E-state index in [4.69, 9.17) is 14.5 Å². The van der Waals surface area contributed by atoms with Crippen molar-refractivity contribution in [2.75, 3.05) is 40.4 Å². The molecule has 6 nitrogen and oxygen atoms in total. The van der Waals surface area contributed by atoms with Gasteiger partial charge in [-0.1, -0.05) is 6.07 Å². The molecule has 0 radical (unpaired) electrons. The Morgan fingerprint density at radius 1 is 0.861 bits per heavy atom. The Morgan fingerprint density at radius 3 is 2.31 bits per heavy atom. The molecular formula is C30H38N4O2. The molecule has 4 aliphatic rings. The molecular weight excluding hydrogens is 448 g/mol. The predicted octanol–water partition coefficient (Wildman–Crippen LogP) is 5.13. The number of benzene rings is 1. The average Bonchev–Trinajstić information content (AvgIpc) is 3.59. The van der Waals surface area contributed by atoms with E-state index < -0.39 is 0 Å². The van der Waals surface area contributed by atoms with Crippen molar-refractivity contribution >= 4 is 5.65 Å². The van der Waals surface area contributed by atoms with Crippen LogP contribution in [0, 0.1) is 12.3 Å². The highest BCUT2D eigenvalue weighted by Gasteiger charge is 2.56. The van der Waals surface area contributed by atoms with Crippen LogP contribution in [-0.2, 0) is 0 Å². The molecule has 2 aliphatic heterocycles. The van der Waals surface area contributed by atoms with Gasteiger partial charge in [-0.05, 0) is 99.2 Å². The zero-order valence-electron chi connectivity index (χ0n) is 21.9. The normalized spacial score (nSPS) is 23.1. The third-order valence-electron chi connectivity index (χ3n) is 9.43. The van der Waals surface area contributed by atoms with E-state index in [1.165, 1.54) is 75.8 Å². The number of imidazole rings is 1. The Bertz CT molecular complexity index is 1270. The Balaban J connectivity index is 1.02. The maximum atomic E-state index is 5.50. The highest BCUT2D eigenvalue weighted by atomic mass is 16.5. The number of fused-ring (bicyclic) bond motifs is 1. The van der Waals surface area contributed by atoms with Gasteiger partial charge >= 0.3 is 0 Å². The first-order valence-corrected chi connectivity index (χ1v) is 13.7. The fourth-order valence-corrected chi connectivity index (χ4v) is 7.22. The van der Waals surface area contributed by atoms with Crippen molar-refractivity contribution in [2.45, 2.75) is 63.5 Å². The number of rotatable bonds is 6.